The molecular formula is C18H16ClN3O3S. The van der Waals surface area contributed by atoms with Crippen LogP contribution in [0.5, 0.6) is 0 Å². The third kappa shape index (κ3) is 3.13. The normalized spacial score (nSPS) is 15.1. The predicted octanol–water partition coefficient (Wildman–Crippen LogP) is 2.24. The third-order valence-electron chi connectivity index (χ3n) is 4.48. The van der Waals surface area contributed by atoms with E-state index in [1.165, 1.54) is 14.9 Å². The molecule has 0 bridgehead atoms. The lowest BCUT2D eigenvalue weighted by molar-refractivity contribution is 0.384. The molecular weight excluding hydrogens is 374 g/mol. The van der Waals surface area contributed by atoms with Gasteiger partial charge in [0.05, 0.1) is 22.0 Å². The Balaban J connectivity index is 1.70. The molecule has 4 rings (SSSR count). The molecule has 8 heteroatoms. The highest BCUT2D eigenvalue weighted by Crippen LogP contribution is 2.21. The van der Waals surface area contributed by atoms with Crippen molar-refractivity contribution in [1.29, 1.82) is 0 Å². The highest BCUT2D eigenvalue weighted by molar-refractivity contribution is 7.88. The fraction of sp³-hybridized carbons (Fsp3) is 0.222. The van der Waals surface area contributed by atoms with E-state index < -0.39 is 10.0 Å². The van der Waals surface area contributed by atoms with Gasteiger partial charge in [-0.3, -0.25) is 9.20 Å². The number of hydrogen-bond donors (Lipinski definition) is 0. The molecule has 0 unspecified atom stereocenters. The van der Waals surface area contributed by atoms with Gasteiger partial charge in [0.2, 0.25) is 10.0 Å². The third-order valence-corrected chi connectivity index (χ3v) is 6.50. The lowest BCUT2D eigenvalue weighted by atomic mass is 10.1. The van der Waals surface area contributed by atoms with Crippen molar-refractivity contribution >= 4 is 27.3 Å². The average molecular weight is 390 g/mol. The summed E-state index contributed by atoms with van der Waals surface area (Å²) in [6.45, 7) is 0.351. The van der Waals surface area contributed by atoms with Crippen LogP contribution in [-0.2, 0) is 28.7 Å². The van der Waals surface area contributed by atoms with Crippen LogP contribution >= 0.6 is 11.6 Å². The van der Waals surface area contributed by atoms with Gasteiger partial charge in [-0.2, -0.15) is 4.31 Å². The molecule has 3 aromatic rings. The van der Waals surface area contributed by atoms with Crippen LogP contribution in [0.1, 0.15) is 16.8 Å². The first-order valence-electron chi connectivity index (χ1n) is 8.15. The molecule has 0 radical (unpaired) electrons. The number of fused-ring (bicyclic) bond motifs is 2. The zero-order chi connectivity index (χ0) is 18.3. The van der Waals surface area contributed by atoms with E-state index in [4.69, 9.17) is 11.6 Å². The molecule has 0 amide bonds. The molecule has 3 heterocycles. The summed E-state index contributed by atoms with van der Waals surface area (Å²) in [6, 6.07) is 12.4. The number of sulfonamides is 1. The van der Waals surface area contributed by atoms with Gasteiger partial charge in [-0.25, -0.2) is 13.4 Å². The van der Waals surface area contributed by atoms with Gasteiger partial charge in [0.1, 0.15) is 5.65 Å². The number of hydrogen-bond acceptors (Lipinski definition) is 4. The Labute approximate surface area is 155 Å². The van der Waals surface area contributed by atoms with E-state index >= 15 is 0 Å². The van der Waals surface area contributed by atoms with Gasteiger partial charge < -0.3 is 0 Å². The molecule has 134 valence electrons. The summed E-state index contributed by atoms with van der Waals surface area (Å²) < 4.78 is 28.3. The molecule has 1 aliphatic rings. The maximum atomic E-state index is 12.8. The van der Waals surface area contributed by atoms with Crippen LogP contribution in [-0.4, -0.2) is 28.7 Å². The summed E-state index contributed by atoms with van der Waals surface area (Å²) in [4.78, 5) is 17.3. The molecule has 0 aliphatic carbocycles. The van der Waals surface area contributed by atoms with Crippen molar-refractivity contribution < 1.29 is 8.42 Å². The maximum Gasteiger partial charge on any atom is 0.262 e. The van der Waals surface area contributed by atoms with Crippen molar-refractivity contribution in [2.24, 2.45) is 0 Å². The number of nitrogens with zero attached hydrogens (tertiary/aromatic N) is 3. The Bertz CT molecular complexity index is 1140. The second-order valence-corrected chi connectivity index (χ2v) is 8.65. The second-order valence-electron chi connectivity index (χ2n) is 6.24. The minimum atomic E-state index is -3.53. The minimum absolute atomic E-state index is 0.0335. The summed E-state index contributed by atoms with van der Waals surface area (Å²) >= 11 is 5.97. The van der Waals surface area contributed by atoms with Crippen molar-refractivity contribution in [3.8, 4) is 0 Å². The molecule has 0 fully saturated rings. The topological polar surface area (TPSA) is 71.8 Å². The van der Waals surface area contributed by atoms with E-state index in [1.54, 1.807) is 24.3 Å². The van der Waals surface area contributed by atoms with Crippen LogP contribution in [0.15, 0.2) is 53.5 Å². The van der Waals surface area contributed by atoms with Crippen molar-refractivity contribution in [3.05, 3.63) is 80.9 Å². The molecule has 26 heavy (non-hydrogen) atoms. The van der Waals surface area contributed by atoms with E-state index in [9.17, 15) is 13.2 Å². The van der Waals surface area contributed by atoms with Gasteiger partial charge in [0.15, 0.2) is 0 Å². The molecule has 0 saturated carbocycles. The molecule has 0 atom stereocenters. The summed E-state index contributed by atoms with van der Waals surface area (Å²) in [7, 11) is -3.53. The number of pyridine rings is 1. The fourth-order valence-corrected chi connectivity index (χ4v) is 4.81. The Hall–Kier alpha value is -2.22. The first kappa shape index (κ1) is 17.2. The monoisotopic (exact) mass is 389 g/mol. The Morgan fingerprint density at radius 1 is 1.12 bits per heavy atom. The van der Waals surface area contributed by atoms with Gasteiger partial charge >= 0.3 is 0 Å². The summed E-state index contributed by atoms with van der Waals surface area (Å²) in [5.41, 5.74) is 2.03. The predicted molar refractivity (Wildman–Crippen MR) is 99.7 cm³/mol. The second kappa shape index (κ2) is 6.50. The van der Waals surface area contributed by atoms with Gasteiger partial charge in [0.25, 0.3) is 5.56 Å². The Morgan fingerprint density at radius 2 is 1.88 bits per heavy atom. The van der Waals surface area contributed by atoms with Crippen molar-refractivity contribution in [3.63, 3.8) is 0 Å². The number of aromatic nitrogens is 2. The SMILES string of the molecule is O=c1c2c(nc3ccc(Cl)cn13)CCN(S(=O)(=O)Cc1ccccc1)C2. The van der Waals surface area contributed by atoms with Crippen molar-refractivity contribution in [1.82, 2.24) is 13.7 Å². The van der Waals surface area contributed by atoms with E-state index in [-0.39, 0.29) is 17.9 Å². The molecule has 6 nitrogen and oxygen atoms in total. The molecule has 2 aromatic heterocycles. The zero-order valence-corrected chi connectivity index (χ0v) is 15.4. The van der Waals surface area contributed by atoms with Gasteiger partial charge in [0, 0.05) is 25.7 Å². The molecule has 1 aromatic carbocycles. The molecule has 0 spiro atoms. The molecule has 1 aliphatic heterocycles. The Kier molecular flexibility index (Phi) is 4.30. The van der Waals surface area contributed by atoms with Crippen LogP contribution in [0, 0.1) is 0 Å². The number of halogens is 1. The summed E-state index contributed by atoms with van der Waals surface area (Å²) in [6.07, 6.45) is 1.92. The van der Waals surface area contributed by atoms with Gasteiger partial charge in [-0.15, -0.1) is 0 Å². The maximum absolute atomic E-state index is 12.8. The highest BCUT2D eigenvalue weighted by Gasteiger charge is 2.29. The van der Waals surface area contributed by atoms with E-state index in [1.807, 2.05) is 18.2 Å². The van der Waals surface area contributed by atoms with Crippen LogP contribution in [0.3, 0.4) is 0 Å². The Morgan fingerprint density at radius 3 is 2.65 bits per heavy atom. The molecule has 0 N–H and O–H groups in total. The molecule has 0 saturated heterocycles. The standard InChI is InChI=1S/C18H16ClN3O3S/c19-14-6-7-17-20-16-8-9-21(11-15(16)18(23)22(17)10-14)26(24,25)12-13-4-2-1-3-5-13/h1-7,10H,8-9,11-12H2. The summed E-state index contributed by atoms with van der Waals surface area (Å²) in [5.74, 6) is -0.0860. The first-order chi connectivity index (χ1) is 12.4. The van der Waals surface area contributed by atoms with E-state index in [2.05, 4.69) is 4.98 Å². The average Bonchev–Trinajstić information content (AvgIpc) is 2.63. The lowest BCUT2D eigenvalue weighted by Gasteiger charge is -2.27. The highest BCUT2D eigenvalue weighted by atomic mass is 35.5. The summed E-state index contributed by atoms with van der Waals surface area (Å²) in [5, 5.41) is 0.422. The quantitative estimate of drug-likeness (QED) is 0.688. The van der Waals surface area contributed by atoms with Crippen LogP contribution in [0.4, 0.5) is 0 Å². The smallest absolute Gasteiger partial charge is 0.262 e. The van der Waals surface area contributed by atoms with E-state index in [0.717, 1.165) is 5.56 Å². The lowest BCUT2D eigenvalue weighted by Crippen LogP contribution is -2.40. The van der Waals surface area contributed by atoms with Crippen LogP contribution in [0.25, 0.3) is 5.65 Å². The number of rotatable bonds is 3. The van der Waals surface area contributed by atoms with Crippen LogP contribution in [0.2, 0.25) is 5.02 Å². The largest absolute Gasteiger partial charge is 0.269 e. The zero-order valence-electron chi connectivity index (χ0n) is 13.8. The van der Waals surface area contributed by atoms with E-state index in [0.29, 0.717) is 34.9 Å². The first-order valence-corrected chi connectivity index (χ1v) is 10.1. The number of benzene rings is 1. The minimum Gasteiger partial charge on any atom is -0.269 e. The van der Waals surface area contributed by atoms with Crippen molar-refractivity contribution in [2.45, 2.75) is 18.7 Å². The fourth-order valence-electron chi connectivity index (χ4n) is 3.16. The van der Waals surface area contributed by atoms with Gasteiger partial charge in [-0.1, -0.05) is 41.9 Å². The van der Waals surface area contributed by atoms with Crippen LogP contribution < -0.4 is 5.56 Å². The van der Waals surface area contributed by atoms with Gasteiger partial charge in [-0.05, 0) is 17.7 Å². The van der Waals surface area contributed by atoms with Crippen molar-refractivity contribution in [2.75, 3.05) is 6.54 Å².